The van der Waals surface area contributed by atoms with E-state index in [1.807, 2.05) is 30.3 Å². The highest BCUT2D eigenvalue weighted by molar-refractivity contribution is 5.77. The summed E-state index contributed by atoms with van der Waals surface area (Å²) < 4.78 is 13.4. The van der Waals surface area contributed by atoms with Gasteiger partial charge < -0.3 is 10.3 Å². The molecule has 0 radical (unpaired) electrons. The van der Waals surface area contributed by atoms with Crippen LogP contribution in [0.15, 0.2) is 48.5 Å². The molecule has 1 heterocycles. The molecule has 0 saturated carbocycles. The van der Waals surface area contributed by atoms with Crippen LogP contribution in [0.4, 0.5) is 10.3 Å². The maximum Gasteiger partial charge on any atom is 0.201 e. The summed E-state index contributed by atoms with van der Waals surface area (Å²) in [6.07, 6.45) is 0. The molecule has 90 valence electrons. The first kappa shape index (κ1) is 10.8. The number of para-hydroxylation sites is 2. The van der Waals surface area contributed by atoms with Gasteiger partial charge in [-0.05, 0) is 18.2 Å². The number of hydrogen-bond donors (Lipinski definition) is 2. The van der Waals surface area contributed by atoms with Gasteiger partial charge in [0.05, 0.1) is 11.0 Å². The van der Waals surface area contributed by atoms with Crippen molar-refractivity contribution in [3.63, 3.8) is 0 Å². The van der Waals surface area contributed by atoms with E-state index in [1.54, 1.807) is 12.1 Å². The van der Waals surface area contributed by atoms with E-state index in [9.17, 15) is 4.39 Å². The van der Waals surface area contributed by atoms with Gasteiger partial charge in [-0.3, -0.25) is 0 Å². The zero-order chi connectivity index (χ0) is 12.4. The molecule has 0 aliphatic carbocycles. The summed E-state index contributed by atoms with van der Waals surface area (Å²) in [4.78, 5) is 7.51. The SMILES string of the molecule is Fc1ccccc1CNc1nc2ccccc2[nH]1. The van der Waals surface area contributed by atoms with Crippen molar-refractivity contribution < 1.29 is 4.39 Å². The van der Waals surface area contributed by atoms with Crippen molar-refractivity contribution in [2.75, 3.05) is 5.32 Å². The molecule has 1 aromatic heterocycles. The van der Waals surface area contributed by atoms with Gasteiger partial charge in [-0.25, -0.2) is 9.37 Å². The summed E-state index contributed by atoms with van der Waals surface area (Å²) in [5.41, 5.74) is 2.49. The molecule has 2 aromatic carbocycles. The molecular formula is C14H12FN3. The lowest BCUT2D eigenvalue weighted by atomic mass is 10.2. The molecule has 0 amide bonds. The fraction of sp³-hybridized carbons (Fsp3) is 0.0714. The lowest BCUT2D eigenvalue weighted by Gasteiger charge is -2.03. The number of hydrogen-bond acceptors (Lipinski definition) is 2. The zero-order valence-corrected chi connectivity index (χ0v) is 9.65. The third kappa shape index (κ3) is 2.05. The third-order valence-corrected chi connectivity index (χ3v) is 2.79. The first-order chi connectivity index (χ1) is 8.83. The number of anilines is 1. The second-order valence-electron chi connectivity index (χ2n) is 4.05. The molecule has 0 aliphatic heterocycles. The van der Waals surface area contributed by atoms with Crippen LogP contribution >= 0.6 is 0 Å². The molecule has 18 heavy (non-hydrogen) atoms. The minimum atomic E-state index is -0.207. The first-order valence-corrected chi connectivity index (χ1v) is 5.75. The van der Waals surface area contributed by atoms with Gasteiger partial charge in [-0.1, -0.05) is 30.3 Å². The van der Waals surface area contributed by atoms with Crippen molar-refractivity contribution in [2.45, 2.75) is 6.54 Å². The van der Waals surface area contributed by atoms with Crippen LogP contribution in [0.3, 0.4) is 0 Å². The number of imidazole rings is 1. The van der Waals surface area contributed by atoms with Gasteiger partial charge in [0, 0.05) is 12.1 Å². The fourth-order valence-electron chi connectivity index (χ4n) is 1.86. The van der Waals surface area contributed by atoms with E-state index in [0.29, 0.717) is 18.1 Å². The molecule has 3 aromatic rings. The van der Waals surface area contributed by atoms with E-state index in [-0.39, 0.29) is 5.82 Å². The highest BCUT2D eigenvalue weighted by Crippen LogP contribution is 2.14. The fourth-order valence-corrected chi connectivity index (χ4v) is 1.86. The molecule has 0 saturated heterocycles. The zero-order valence-electron chi connectivity index (χ0n) is 9.65. The summed E-state index contributed by atoms with van der Waals surface area (Å²) in [7, 11) is 0. The van der Waals surface area contributed by atoms with Crippen molar-refractivity contribution >= 4 is 17.0 Å². The van der Waals surface area contributed by atoms with Crippen molar-refractivity contribution in [3.05, 3.63) is 59.9 Å². The van der Waals surface area contributed by atoms with Crippen LogP contribution in [0.1, 0.15) is 5.56 Å². The Morgan fingerprint density at radius 1 is 1.06 bits per heavy atom. The number of aromatic nitrogens is 2. The highest BCUT2D eigenvalue weighted by atomic mass is 19.1. The van der Waals surface area contributed by atoms with E-state index in [0.717, 1.165) is 11.0 Å². The first-order valence-electron chi connectivity index (χ1n) is 5.75. The molecule has 4 heteroatoms. The molecule has 2 N–H and O–H groups in total. The maximum atomic E-state index is 13.4. The Morgan fingerprint density at radius 2 is 1.83 bits per heavy atom. The van der Waals surface area contributed by atoms with Gasteiger partial charge in [0.2, 0.25) is 5.95 Å². The van der Waals surface area contributed by atoms with Gasteiger partial charge in [-0.2, -0.15) is 0 Å². The summed E-state index contributed by atoms with van der Waals surface area (Å²) in [6, 6.07) is 14.5. The molecule has 3 nitrogen and oxygen atoms in total. The smallest absolute Gasteiger partial charge is 0.201 e. The average molecular weight is 241 g/mol. The van der Waals surface area contributed by atoms with Crippen LogP contribution in [-0.4, -0.2) is 9.97 Å². The molecule has 0 unspecified atom stereocenters. The minimum absolute atomic E-state index is 0.207. The Hall–Kier alpha value is -2.36. The second kappa shape index (κ2) is 4.49. The monoisotopic (exact) mass is 241 g/mol. The van der Waals surface area contributed by atoms with Gasteiger partial charge in [0.15, 0.2) is 0 Å². The second-order valence-corrected chi connectivity index (χ2v) is 4.05. The largest absolute Gasteiger partial charge is 0.352 e. The molecular weight excluding hydrogens is 229 g/mol. The third-order valence-electron chi connectivity index (χ3n) is 2.79. The summed E-state index contributed by atoms with van der Waals surface area (Å²) >= 11 is 0. The topological polar surface area (TPSA) is 40.7 Å². The summed E-state index contributed by atoms with van der Waals surface area (Å²) in [6.45, 7) is 0.409. The molecule has 3 rings (SSSR count). The number of halogens is 1. The van der Waals surface area contributed by atoms with Gasteiger partial charge in [-0.15, -0.1) is 0 Å². The lowest BCUT2D eigenvalue weighted by molar-refractivity contribution is 0.613. The van der Waals surface area contributed by atoms with Crippen LogP contribution in [0.25, 0.3) is 11.0 Å². The van der Waals surface area contributed by atoms with E-state index in [1.165, 1.54) is 6.07 Å². The Morgan fingerprint density at radius 3 is 2.67 bits per heavy atom. The number of nitrogens with zero attached hydrogens (tertiary/aromatic N) is 1. The Balaban J connectivity index is 1.79. The molecule has 0 spiro atoms. The van der Waals surface area contributed by atoms with Crippen LogP contribution in [0, 0.1) is 5.82 Å². The molecule has 0 fully saturated rings. The van der Waals surface area contributed by atoms with Crippen molar-refractivity contribution in [3.8, 4) is 0 Å². The Bertz CT molecular complexity index is 642. The van der Waals surface area contributed by atoms with Crippen molar-refractivity contribution in [1.29, 1.82) is 0 Å². The quantitative estimate of drug-likeness (QED) is 0.738. The van der Waals surface area contributed by atoms with Gasteiger partial charge >= 0.3 is 0 Å². The number of rotatable bonds is 3. The van der Waals surface area contributed by atoms with Crippen molar-refractivity contribution in [1.82, 2.24) is 9.97 Å². The lowest BCUT2D eigenvalue weighted by Crippen LogP contribution is -2.02. The van der Waals surface area contributed by atoms with Gasteiger partial charge in [0.25, 0.3) is 0 Å². The standard InChI is InChI=1S/C14H12FN3/c15-11-6-2-1-5-10(11)9-16-14-17-12-7-3-4-8-13(12)18-14/h1-8H,9H2,(H2,16,17,18). The summed E-state index contributed by atoms with van der Waals surface area (Å²) in [5, 5.41) is 3.08. The molecule has 0 atom stereocenters. The van der Waals surface area contributed by atoms with Crippen LogP contribution in [-0.2, 0) is 6.54 Å². The van der Waals surface area contributed by atoms with Crippen molar-refractivity contribution in [2.24, 2.45) is 0 Å². The van der Waals surface area contributed by atoms with E-state index >= 15 is 0 Å². The molecule has 0 bridgehead atoms. The highest BCUT2D eigenvalue weighted by Gasteiger charge is 2.03. The number of benzene rings is 2. The van der Waals surface area contributed by atoms with Gasteiger partial charge in [0.1, 0.15) is 5.82 Å². The average Bonchev–Trinajstić information content (AvgIpc) is 2.80. The van der Waals surface area contributed by atoms with Crippen LogP contribution in [0.5, 0.6) is 0 Å². The number of nitrogens with one attached hydrogen (secondary N) is 2. The normalized spacial score (nSPS) is 10.7. The Labute approximate surface area is 104 Å². The predicted octanol–water partition coefficient (Wildman–Crippen LogP) is 3.31. The van der Waals surface area contributed by atoms with Crippen LogP contribution < -0.4 is 5.32 Å². The predicted molar refractivity (Wildman–Crippen MR) is 69.8 cm³/mol. The summed E-state index contributed by atoms with van der Waals surface area (Å²) in [5.74, 6) is 0.445. The van der Waals surface area contributed by atoms with E-state index in [4.69, 9.17) is 0 Å². The maximum absolute atomic E-state index is 13.4. The Kier molecular flexibility index (Phi) is 2.68. The number of H-pyrrole nitrogens is 1. The van der Waals surface area contributed by atoms with E-state index in [2.05, 4.69) is 15.3 Å². The molecule has 0 aliphatic rings. The minimum Gasteiger partial charge on any atom is -0.352 e. The van der Waals surface area contributed by atoms with Crippen LogP contribution in [0.2, 0.25) is 0 Å². The number of fused-ring (bicyclic) bond motifs is 1. The number of aromatic amines is 1. The van der Waals surface area contributed by atoms with E-state index < -0.39 is 0 Å².